The number of carboxylic acids is 1. The number of aliphatic carboxylic acids is 1. The maximum absolute atomic E-state index is 10.8. The van der Waals surface area contributed by atoms with Gasteiger partial charge in [0.05, 0.1) is 7.87 Å². The van der Waals surface area contributed by atoms with Crippen LogP contribution in [0, 0.1) is 0 Å². The first-order chi connectivity index (χ1) is 6.43. The summed E-state index contributed by atoms with van der Waals surface area (Å²) in [5, 5.41) is 8.20. The SMILES string of the molecule is O=C(O)/C=C\C(=O)OCC(Br)=C(Br)Br. The largest absolute Gasteiger partial charge is 0.478 e. The zero-order valence-corrected chi connectivity index (χ0v) is 11.4. The first-order valence-corrected chi connectivity index (χ1v) is 5.58. The molecular formula is C7H5Br3O4. The topological polar surface area (TPSA) is 63.6 Å². The van der Waals surface area contributed by atoms with Gasteiger partial charge >= 0.3 is 11.9 Å². The van der Waals surface area contributed by atoms with Crippen molar-refractivity contribution in [2.24, 2.45) is 0 Å². The number of halogens is 3. The average Bonchev–Trinajstić information content (AvgIpc) is 2.10. The van der Waals surface area contributed by atoms with E-state index < -0.39 is 11.9 Å². The Morgan fingerprint density at radius 1 is 1.21 bits per heavy atom. The summed E-state index contributed by atoms with van der Waals surface area (Å²) in [4.78, 5) is 20.9. The van der Waals surface area contributed by atoms with Gasteiger partial charge in [0.25, 0.3) is 0 Å². The minimum absolute atomic E-state index is 0.0224. The molecule has 0 aromatic carbocycles. The van der Waals surface area contributed by atoms with Crippen molar-refractivity contribution in [2.45, 2.75) is 0 Å². The van der Waals surface area contributed by atoms with Crippen molar-refractivity contribution in [3.05, 3.63) is 20.0 Å². The highest BCUT2D eigenvalue weighted by molar-refractivity contribution is 9.29. The number of ether oxygens (including phenoxy) is 1. The van der Waals surface area contributed by atoms with E-state index in [1.54, 1.807) is 0 Å². The maximum atomic E-state index is 10.8. The van der Waals surface area contributed by atoms with Crippen molar-refractivity contribution in [3.8, 4) is 0 Å². The number of rotatable bonds is 4. The molecule has 1 N–H and O–H groups in total. The lowest BCUT2D eigenvalue weighted by Gasteiger charge is -2.00. The van der Waals surface area contributed by atoms with E-state index >= 15 is 0 Å². The highest BCUT2D eigenvalue weighted by Gasteiger charge is 2.02. The van der Waals surface area contributed by atoms with Crippen LogP contribution in [0.5, 0.6) is 0 Å². The molecule has 7 heteroatoms. The normalized spacial score (nSPS) is 9.93. The summed E-state index contributed by atoms with van der Waals surface area (Å²) in [5.41, 5.74) is 0. The summed E-state index contributed by atoms with van der Waals surface area (Å²) >= 11 is 9.32. The van der Waals surface area contributed by atoms with Gasteiger partial charge < -0.3 is 9.84 Å². The number of hydrogen-bond donors (Lipinski definition) is 1. The van der Waals surface area contributed by atoms with E-state index in [1.165, 1.54) is 0 Å². The predicted molar refractivity (Wildman–Crippen MR) is 61.5 cm³/mol. The zero-order valence-electron chi connectivity index (χ0n) is 6.67. The molecule has 78 valence electrons. The van der Waals surface area contributed by atoms with Crippen molar-refractivity contribution in [1.82, 2.24) is 0 Å². The average molecular weight is 393 g/mol. The molecule has 0 spiro atoms. The molecule has 0 radical (unpaired) electrons. The molecule has 0 aliphatic rings. The smallest absolute Gasteiger partial charge is 0.331 e. The number of carbonyl (C=O) groups is 2. The highest BCUT2D eigenvalue weighted by atomic mass is 79.9. The number of hydrogen-bond acceptors (Lipinski definition) is 3. The fourth-order valence-electron chi connectivity index (χ4n) is 0.376. The standard InChI is InChI=1S/C7H5Br3O4/c8-4(7(9)10)3-14-6(13)2-1-5(11)12/h1-2H,3H2,(H,11,12)/b2-1-. The van der Waals surface area contributed by atoms with Gasteiger partial charge in [-0.1, -0.05) is 15.9 Å². The summed E-state index contributed by atoms with van der Waals surface area (Å²) in [6.45, 7) is 0.0224. The Balaban J connectivity index is 3.99. The van der Waals surface area contributed by atoms with Crippen LogP contribution in [0.4, 0.5) is 0 Å². The van der Waals surface area contributed by atoms with E-state index in [0.29, 0.717) is 14.0 Å². The Kier molecular flexibility index (Phi) is 7.12. The van der Waals surface area contributed by atoms with E-state index in [4.69, 9.17) is 5.11 Å². The maximum Gasteiger partial charge on any atom is 0.331 e. The van der Waals surface area contributed by atoms with Gasteiger partial charge in [0.15, 0.2) is 0 Å². The number of esters is 1. The Labute approximate surface area is 105 Å². The van der Waals surface area contributed by atoms with E-state index in [9.17, 15) is 9.59 Å². The Morgan fingerprint density at radius 3 is 2.21 bits per heavy atom. The third-order valence-corrected chi connectivity index (χ3v) is 3.55. The summed E-state index contributed by atoms with van der Waals surface area (Å²) in [6, 6.07) is 0. The molecule has 0 unspecified atom stereocenters. The lowest BCUT2D eigenvalue weighted by atomic mass is 10.5. The molecule has 0 saturated heterocycles. The van der Waals surface area contributed by atoms with Gasteiger partial charge in [-0.05, 0) is 31.9 Å². The molecule has 0 aromatic heterocycles. The minimum atomic E-state index is -1.20. The Hall–Kier alpha value is -0.140. The van der Waals surface area contributed by atoms with Crippen molar-refractivity contribution in [1.29, 1.82) is 0 Å². The van der Waals surface area contributed by atoms with Crippen LogP contribution in [0.25, 0.3) is 0 Å². The molecule has 0 saturated carbocycles. The van der Waals surface area contributed by atoms with Gasteiger partial charge in [-0.25, -0.2) is 9.59 Å². The van der Waals surface area contributed by atoms with Crippen molar-refractivity contribution in [2.75, 3.05) is 6.61 Å². The van der Waals surface area contributed by atoms with E-state index in [0.717, 1.165) is 6.08 Å². The van der Waals surface area contributed by atoms with Gasteiger partial charge in [-0.2, -0.15) is 0 Å². The first-order valence-electron chi connectivity index (χ1n) is 3.21. The highest BCUT2D eigenvalue weighted by Crippen LogP contribution is 2.23. The monoisotopic (exact) mass is 390 g/mol. The molecule has 0 atom stereocenters. The van der Waals surface area contributed by atoms with Crippen LogP contribution >= 0.6 is 47.8 Å². The van der Waals surface area contributed by atoms with Crippen molar-refractivity contribution < 1.29 is 19.4 Å². The van der Waals surface area contributed by atoms with Gasteiger partial charge in [0.2, 0.25) is 0 Å². The number of carboxylic acid groups (broad SMARTS) is 1. The lowest BCUT2D eigenvalue weighted by Crippen LogP contribution is -2.03. The summed E-state index contributed by atoms with van der Waals surface area (Å²) in [6.07, 6.45) is 1.55. The molecule has 0 heterocycles. The van der Waals surface area contributed by atoms with Crippen LogP contribution in [-0.2, 0) is 14.3 Å². The second kappa shape index (κ2) is 7.19. The molecule has 0 bridgehead atoms. The van der Waals surface area contributed by atoms with E-state index in [2.05, 4.69) is 52.5 Å². The lowest BCUT2D eigenvalue weighted by molar-refractivity contribution is -0.137. The molecule has 0 amide bonds. The van der Waals surface area contributed by atoms with Crippen LogP contribution in [0.2, 0.25) is 0 Å². The molecule has 0 aliphatic heterocycles. The van der Waals surface area contributed by atoms with Crippen molar-refractivity contribution >= 4 is 59.7 Å². The summed E-state index contributed by atoms with van der Waals surface area (Å²) in [7, 11) is 0. The van der Waals surface area contributed by atoms with Gasteiger partial charge in [-0.3, -0.25) is 0 Å². The second-order valence-electron chi connectivity index (χ2n) is 1.94. The van der Waals surface area contributed by atoms with Gasteiger partial charge in [-0.15, -0.1) is 0 Å². The molecule has 0 aromatic rings. The second-order valence-corrected chi connectivity index (χ2v) is 5.55. The van der Waals surface area contributed by atoms with Gasteiger partial charge in [0, 0.05) is 12.2 Å². The Morgan fingerprint density at radius 2 is 1.79 bits per heavy atom. The molecule has 0 rings (SSSR count). The molecule has 14 heavy (non-hydrogen) atoms. The summed E-state index contributed by atoms with van der Waals surface area (Å²) < 4.78 is 5.89. The summed E-state index contributed by atoms with van der Waals surface area (Å²) in [5.74, 6) is -1.91. The molecular weight excluding hydrogens is 388 g/mol. The predicted octanol–water partition coefficient (Wildman–Crippen LogP) is 2.52. The fraction of sp³-hybridized carbons (Fsp3) is 0.143. The zero-order chi connectivity index (χ0) is 11.1. The third-order valence-electron chi connectivity index (χ3n) is 0.908. The van der Waals surface area contributed by atoms with Crippen LogP contribution in [0.3, 0.4) is 0 Å². The first kappa shape index (κ1) is 13.9. The molecule has 0 aliphatic carbocycles. The third kappa shape index (κ3) is 7.28. The van der Waals surface area contributed by atoms with Gasteiger partial charge in [0.1, 0.15) is 6.61 Å². The Bertz CT molecular complexity index is 291. The molecule has 0 fully saturated rings. The minimum Gasteiger partial charge on any atom is -0.478 e. The van der Waals surface area contributed by atoms with E-state index in [-0.39, 0.29) is 6.61 Å². The van der Waals surface area contributed by atoms with Crippen LogP contribution in [0.15, 0.2) is 20.0 Å². The molecule has 4 nitrogen and oxygen atoms in total. The van der Waals surface area contributed by atoms with Crippen LogP contribution in [-0.4, -0.2) is 23.7 Å². The van der Waals surface area contributed by atoms with E-state index in [1.807, 2.05) is 0 Å². The van der Waals surface area contributed by atoms with Crippen LogP contribution in [0.1, 0.15) is 0 Å². The number of carbonyl (C=O) groups excluding carboxylic acids is 1. The van der Waals surface area contributed by atoms with Crippen LogP contribution < -0.4 is 0 Å². The quantitative estimate of drug-likeness (QED) is 0.590. The van der Waals surface area contributed by atoms with Crippen molar-refractivity contribution in [3.63, 3.8) is 0 Å². The fourth-order valence-corrected chi connectivity index (χ4v) is 0.720.